The zero-order valence-corrected chi connectivity index (χ0v) is 28.9. The van der Waals surface area contributed by atoms with Gasteiger partial charge in [-0.05, 0) is 79.9 Å². The third-order valence-electron chi connectivity index (χ3n) is 9.37. The number of carbonyl (C=O) groups excluding carboxylic acids is 1. The van der Waals surface area contributed by atoms with Crippen LogP contribution in [-0.4, -0.2) is 19.1 Å². The minimum Gasteiger partial charge on any atom is -0.456 e. The normalized spacial score (nSPS) is 15.7. The summed E-state index contributed by atoms with van der Waals surface area (Å²) in [4.78, 5) is 18.2. The molecule has 1 unspecified atom stereocenters. The molecule has 0 aliphatic carbocycles. The van der Waals surface area contributed by atoms with Gasteiger partial charge in [0.05, 0.1) is 27.0 Å². The predicted octanol–water partition coefficient (Wildman–Crippen LogP) is 11.7. The maximum absolute atomic E-state index is 13.7. The highest BCUT2D eigenvalue weighted by Crippen LogP contribution is 2.58. The molecule has 2 aliphatic heterocycles. The first-order chi connectivity index (χ1) is 23.4. The van der Waals surface area contributed by atoms with E-state index in [9.17, 15) is 4.79 Å². The predicted molar refractivity (Wildman–Crippen MR) is 196 cm³/mol. The Bertz CT molecular complexity index is 1960. The second kappa shape index (κ2) is 13.2. The van der Waals surface area contributed by atoms with E-state index in [2.05, 4.69) is 47.9 Å². The Morgan fingerprint density at radius 1 is 0.667 bits per heavy atom. The molecule has 2 aliphatic rings. The van der Waals surface area contributed by atoms with E-state index in [1.165, 1.54) is 0 Å². The minimum absolute atomic E-state index is 0.364. The van der Waals surface area contributed by atoms with Gasteiger partial charge in [0.25, 0.3) is 0 Å². The Morgan fingerprint density at radius 3 is 1.92 bits per heavy atom. The van der Waals surface area contributed by atoms with Gasteiger partial charge in [-0.2, -0.15) is 0 Å². The lowest BCUT2D eigenvalue weighted by atomic mass is 9.77. The molecule has 0 bridgehead atoms. The van der Waals surface area contributed by atoms with E-state index < -0.39 is 5.60 Å². The fourth-order valence-corrected chi connectivity index (χ4v) is 7.40. The number of unbranched alkanes of at least 4 members (excludes halogenated alkanes) is 2. The standard InChI is InChI=1S/C41H38Cl2N2O3/c1-4-6-22-44(23-7-5-2)28-20-21-31-39(25-28)47-38-24-27(3)37(26-32(38)41(31)30-15-9-8-14-29(30)40(46)48-41)45(35-18-12-10-16-33(35)42)36-19-13-11-17-34(36)43/h8-21,24-26H,4-7,22-23H2,1-3H3. The van der Waals surface area contributed by atoms with Crippen molar-refractivity contribution < 1.29 is 14.3 Å². The van der Waals surface area contributed by atoms with Gasteiger partial charge in [-0.15, -0.1) is 0 Å². The molecule has 0 saturated carbocycles. The summed E-state index contributed by atoms with van der Waals surface area (Å²) in [7, 11) is 0. The van der Waals surface area contributed by atoms with Crippen LogP contribution < -0.4 is 14.5 Å². The molecule has 5 aromatic rings. The number of hydrogen-bond donors (Lipinski definition) is 0. The van der Waals surface area contributed by atoms with Crippen LogP contribution in [0.15, 0.2) is 103 Å². The molecule has 48 heavy (non-hydrogen) atoms. The summed E-state index contributed by atoms with van der Waals surface area (Å²) in [5.74, 6) is 0.957. The molecule has 5 nitrogen and oxygen atoms in total. The number of aryl methyl sites for hydroxylation is 1. The van der Waals surface area contributed by atoms with Crippen molar-refractivity contribution in [2.24, 2.45) is 0 Å². The molecule has 0 N–H and O–H groups in total. The summed E-state index contributed by atoms with van der Waals surface area (Å²) < 4.78 is 13.4. The van der Waals surface area contributed by atoms with Crippen LogP contribution in [0.5, 0.6) is 11.5 Å². The number of benzene rings is 5. The van der Waals surface area contributed by atoms with Crippen LogP contribution in [0.1, 0.15) is 72.1 Å². The summed E-state index contributed by atoms with van der Waals surface area (Å²) in [6, 6.07) is 33.5. The quantitative estimate of drug-likeness (QED) is 0.138. The first-order valence-electron chi connectivity index (χ1n) is 16.7. The first-order valence-corrected chi connectivity index (χ1v) is 17.5. The van der Waals surface area contributed by atoms with Gasteiger partial charge in [-0.25, -0.2) is 4.79 Å². The molecule has 2 heterocycles. The van der Waals surface area contributed by atoms with Crippen molar-refractivity contribution in [3.8, 4) is 11.5 Å². The molecule has 1 spiro atoms. The third-order valence-corrected chi connectivity index (χ3v) is 10.0. The van der Waals surface area contributed by atoms with E-state index in [1.54, 1.807) is 0 Å². The van der Waals surface area contributed by atoms with Crippen molar-refractivity contribution >= 4 is 51.9 Å². The summed E-state index contributed by atoms with van der Waals surface area (Å²) in [6.45, 7) is 8.42. The van der Waals surface area contributed by atoms with Gasteiger partial charge in [0.15, 0.2) is 5.60 Å². The average molecular weight is 678 g/mol. The largest absolute Gasteiger partial charge is 0.456 e. The number of rotatable bonds is 10. The highest BCUT2D eigenvalue weighted by atomic mass is 35.5. The van der Waals surface area contributed by atoms with E-state index in [0.29, 0.717) is 27.1 Å². The molecule has 0 fully saturated rings. The van der Waals surface area contributed by atoms with Gasteiger partial charge < -0.3 is 19.3 Å². The Hall–Kier alpha value is -4.45. The number of fused-ring (bicyclic) bond motifs is 6. The van der Waals surface area contributed by atoms with Crippen molar-refractivity contribution in [3.63, 3.8) is 0 Å². The molecule has 1 atom stereocenters. The van der Waals surface area contributed by atoms with Crippen molar-refractivity contribution in [3.05, 3.63) is 141 Å². The maximum atomic E-state index is 13.7. The number of halogens is 2. The van der Waals surface area contributed by atoms with Gasteiger partial charge in [0.2, 0.25) is 0 Å². The summed E-state index contributed by atoms with van der Waals surface area (Å²) in [6.07, 6.45) is 4.45. The third kappa shape index (κ3) is 5.39. The minimum atomic E-state index is -1.22. The van der Waals surface area contributed by atoms with Crippen LogP contribution in [0.25, 0.3) is 0 Å². The number of para-hydroxylation sites is 2. The van der Waals surface area contributed by atoms with E-state index in [-0.39, 0.29) is 5.97 Å². The second-order valence-corrected chi connectivity index (χ2v) is 13.3. The molecule has 0 radical (unpaired) electrons. The van der Waals surface area contributed by atoms with Crippen LogP contribution in [-0.2, 0) is 10.3 Å². The van der Waals surface area contributed by atoms with Crippen molar-refractivity contribution in [2.45, 2.75) is 52.1 Å². The number of hydrogen-bond acceptors (Lipinski definition) is 5. The molecule has 244 valence electrons. The smallest absolute Gasteiger partial charge is 0.340 e. The van der Waals surface area contributed by atoms with E-state index in [0.717, 1.165) is 83.8 Å². The van der Waals surface area contributed by atoms with Crippen LogP contribution in [0.3, 0.4) is 0 Å². The van der Waals surface area contributed by atoms with Gasteiger partial charge >= 0.3 is 5.97 Å². The van der Waals surface area contributed by atoms with Gasteiger partial charge in [0, 0.05) is 47.2 Å². The molecule has 0 aromatic heterocycles. The average Bonchev–Trinajstić information content (AvgIpc) is 3.39. The summed E-state index contributed by atoms with van der Waals surface area (Å²) in [5.41, 5.74) is 6.06. The van der Waals surface area contributed by atoms with Crippen LogP contribution in [0.4, 0.5) is 22.7 Å². The zero-order chi connectivity index (χ0) is 33.4. The van der Waals surface area contributed by atoms with Crippen molar-refractivity contribution in [2.75, 3.05) is 22.9 Å². The Labute approximate surface area is 292 Å². The second-order valence-electron chi connectivity index (χ2n) is 12.5. The molecular formula is C41H38Cl2N2O3. The first kappa shape index (κ1) is 32.1. The molecule has 0 amide bonds. The van der Waals surface area contributed by atoms with E-state index in [4.69, 9.17) is 32.7 Å². The number of esters is 1. The SMILES string of the molecule is CCCCN(CCCC)c1ccc2c(c1)Oc1cc(C)c(N(c3ccccc3Cl)c3ccccc3Cl)cc1C21OC(=O)c2ccccc21. The lowest BCUT2D eigenvalue weighted by Gasteiger charge is -2.39. The van der Waals surface area contributed by atoms with Crippen molar-refractivity contribution in [1.82, 2.24) is 0 Å². The summed E-state index contributed by atoms with van der Waals surface area (Å²) in [5, 5.41) is 1.15. The Morgan fingerprint density at radius 2 is 1.27 bits per heavy atom. The van der Waals surface area contributed by atoms with Gasteiger partial charge in [-0.3, -0.25) is 0 Å². The lowest BCUT2D eigenvalue weighted by Crippen LogP contribution is -2.34. The highest BCUT2D eigenvalue weighted by molar-refractivity contribution is 6.35. The fourth-order valence-electron chi connectivity index (χ4n) is 6.96. The van der Waals surface area contributed by atoms with Crippen molar-refractivity contribution in [1.29, 1.82) is 0 Å². The Balaban J connectivity index is 1.46. The highest BCUT2D eigenvalue weighted by Gasteiger charge is 2.54. The fraction of sp³-hybridized carbons (Fsp3) is 0.244. The zero-order valence-electron chi connectivity index (χ0n) is 27.4. The molecule has 7 heteroatoms. The van der Waals surface area contributed by atoms with Crippen LogP contribution >= 0.6 is 23.2 Å². The Kier molecular flexibility index (Phi) is 8.84. The monoisotopic (exact) mass is 676 g/mol. The maximum Gasteiger partial charge on any atom is 0.340 e. The molecule has 0 saturated heterocycles. The van der Waals surface area contributed by atoms with E-state index in [1.807, 2.05) is 85.8 Å². The molecule has 5 aromatic carbocycles. The number of anilines is 4. The molecular weight excluding hydrogens is 639 g/mol. The summed E-state index contributed by atoms with van der Waals surface area (Å²) >= 11 is 13.7. The molecule has 7 rings (SSSR count). The topological polar surface area (TPSA) is 42.0 Å². The van der Waals surface area contributed by atoms with E-state index >= 15 is 0 Å². The van der Waals surface area contributed by atoms with Crippen LogP contribution in [0, 0.1) is 6.92 Å². The van der Waals surface area contributed by atoms with Gasteiger partial charge in [0.1, 0.15) is 11.5 Å². The van der Waals surface area contributed by atoms with Gasteiger partial charge in [-0.1, -0.05) is 92.4 Å². The number of carbonyl (C=O) groups is 1. The van der Waals surface area contributed by atoms with Crippen LogP contribution in [0.2, 0.25) is 10.0 Å². The number of nitrogens with zero attached hydrogens (tertiary/aromatic N) is 2. The lowest BCUT2D eigenvalue weighted by molar-refractivity contribution is 0.0224. The number of ether oxygens (including phenoxy) is 2.